The van der Waals surface area contributed by atoms with Gasteiger partial charge in [-0.15, -0.1) is 0 Å². The van der Waals surface area contributed by atoms with E-state index in [9.17, 15) is 4.79 Å². The van der Waals surface area contributed by atoms with Crippen molar-refractivity contribution in [2.24, 2.45) is 5.92 Å². The van der Waals surface area contributed by atoms with Crippen LogP contribution >= 0.6 is 0 Å². The lowest BCUT2D eigenvalue weighted by Crippen LogP contribution is -2.38. The fourth-order valence-electron chi connectivity index (χ4n) is 4.63. The molecule has 0 radical (unpaired) electrons. The van der Waals surface area contributed by atoms with Crippen molar-refractivity contribution in [3.8, 4) is 11.1 Å². The van der Waals surface area contributed by atoms with Gasteiger partial charge in [0.1, 0.15) is 0 Å². The van der Waals surface area contributed by atoms with Crippen LogP contribution in [-0.4, -0.2) is 12.3 Å². The molecule has 29 heavy (non-hydrogen) atoms. The second kappa shape index (κ2) is 7.81. The summed E-state index contributed by atoms with van der Waals surface area (Å²) in [5.74, 6) is 0.295. The predicted octanol–water partition coefficient (Wildman–Crippen LogP) is 3.39. The van der Waals surface area contributed by atoms with Crippen molar-refractivity contribution < 1.29 is 4.79 Å². The predicted molar refractivity (Wildman–Crippen MR) is 119 cm³/mol. The molecule has 0 spiro atoms. The average molecular weight is 380 g/mol. The summed E-state index contributed by atoms with van der Waals surface area (Å²) in [4.78, 5) is 12.9. The molecule has 5 rings (SSSR count). The molecule has 0 saturated heterocycles. The van der Waals surface area contributed by atoms with Crippen LogP contribution in [0, 0.1) is 5.92 Å². The molecule has 0 aromatic heterocycles. The molecule has 2 heteroatoms. The molecule has 2 aliphatic rings. The number of carbonyl (C=O) groups is 1. The lowest BCUT2D eigenvalue weighted by atomic mass is 9.83. The first-order valence-corrected chi connectivity index (χ1v) is 10.5. The van der Waals surface area contributed by atoms with E-state index in [1.54, 1.807) is 0 Å². The number of carbonyl (C=O) groups excluding carboxylic acids is 1. The number of hydrogen-bond donors (Lipinski definition) is 1. The SMILES string of the molecule is O=C(CNCc1ccccc1)C1C=c2c(ccc3c2=CCc2ccccc2-3)CC1. The van der Waals surface area contributed by atoms with Gasteiger partial charge in [0.05, 0.1) is 6.54 Å². The molecule has 1 unspecified atom stereocenters. The minimum atomic E-state index is 0.00263. The summed E-state index contributed by atoms with van der Waals surface area (Å²) in [7, 11) is 0. The third-order valence-electron chi connectivity index (χ3n) is 6.19. The van der Waals surface area contributed by atoms with Crippen LogP contribution in [0.2, 0.25) is 0 Å². The Bertz CT molecular complexity index is 1180. The zero-order valence-corrected chi connectivity index (χ0v) is 16.5. The fraction of sp³-hybridized carbons (Fsp3) is 0.222. The van der Waals surface area contributed by atoms with Gasteiger partial charge in [0.25, 0.3) is 0 Å². The van der Waals surface area contributed by atoms with Crippen molar-refractivity contribution in [2.75, 3.05) is 6.54 Å². The van der Waals surface area contributed by atoms with Gasteiger partial charge in [-0.1, -0.05) is 78.9 Å². The van der Waals surface area contributed by atoms with Crippen LogP contribution in [0.4, 0.5) is 0 Å². The summed E-state index contributed by atoms with van der Waals surface area (Å²) < 4.78 is 0. The molecule has 1 atom stereocenters. The molecule has 3 aromatic rings. The minimum absolute atomic E-state index is 0.00263. The topological polar surface area (TPSA) is 29.1 Å². The third-order valence-corrected chi connectivity index (χ3v) is 6.19. The molecule has 2 aliphatic carbocycles. The maximum atomic E-state index is 12.9. The Hall–Kier alpha value is -2.97. The maximum absolute atomic E-state index is 12.9. The number of nitrogens with one attached hydrogen (secondary N) is 1. The van der Waals surface area contributed by atoms with Crippen LogP contribution < -0.4 is 15.8 Å². The van der Waals surface area contributed by atoms with Gasteiger partial charge in [0, 0.05) is 12.5 Å². The van der Waals surface area contributed by atoms with Crippen LogP contribution in [0.3, 0.4) is 0 Å². The number of benzene rings is 3. The second-order valence-corrected chi connectivity index (χ2v) is 8.03. The summed E-state index contributed by atoms with van der Waals surface area (Å²) >= 11 is 0. The Morgan fingerprint density at radius 2 is 1.69 bits per heavy atom. The quantitative estimate of drug-likeness (QED) is 0.736. The highest BCUT2D eigenvalue weighted by molar-refractivity contribution is 5.88. The van der Waals surface area contributed by atoms with Crippen LogP contribution in [0.5, 0.6) is 0 Å². The summed E-state index contributed by atoms with van der Waals surface area (Å²) in [5, 5.41) is 5.92. The van der Waals surface area contributed by atoms with Crippen molar-refractivity contribution in [1.82, 2.24) is 5.32 Å². The highest BCUT2D eigenvalue weighted by Gasteiger charge is 2.21. The van der Waals surface area contributed by atoms with E-state index in [0.29, 0.717) is 12.3 Å². The van der Waals surface area contributed by atoms with Gasteiger partial charge < -0.3 is 5.32 Å². The Kier molecular flexibility index (Phi) is 4.87. The minimum Gasteiger partial charge on any atom is -0.306 e. The number of aryl methyl sites for hydroxylation is 1. The molecular weight excluding hydrogens is 354 g/mol. The van der Waals surface area contributed by atoms with E-state index < -0.39 is 0 Å². The van der Waals surface area contributed by atoms with Crippen molar-refractivity contribution in [2.45, 2.75) is 25.8 Å². The van der Waals surface area contributed by atoms with E-state index in [-0.39, 0.29) is 5.92 Å². The number of fused-ring (bicyclic) bond motifs is 5. The van der Waals surface area contributed by atoms with E-state index in [1.165, 1.54) is 38.3 Å². The Balaban J connectivity index is 1.39. The molecule has 0 saturated carbocycles. The van der Waals surface area contributed by atoms with Gasteiger partial charge in [-0.25, -0.2) is 0 Å². The molecule has 0 heterocycles. The van der Waals surface area contributed by atoms with Crippen LogP contribution in [0.1, 0.15) is 23.1 Å². The van der Waals surface area contributed by atoms with E-state index in [4.69, 9.17) is 0 Å². The Morgan fingerprint density at radius 1 is 0.862 bits per heavy atom. The lowest BCUT2D eigenvalue weighted by molar-refractivity contribution is -0.120. The maximum Gasteiger partial charge on any atom is 0.153 e. The highest BCUT2D eigenvalue weighted by Crippen LogP contribution is 2.25. The smallest absolute Gasteiger partial charge is 0.153 e. The Labute approximate surface area is 171 Å². The molecule has 0 bridgehead atoms. The molecule has 2 nitrogen and oxygen atoms in total. The fourth-order valence-corrected chi connectivity index (χ4v) is 4.63. The lowest BCUT2D eigenvalue weighted by Gasteiger charge is -2.21. The average Bonchev–Trinajstić information content (AvgIpc) is 2.79. The van der Waals surface area contributed by atoms with Gasteiger partial charge in [0.15, 0.2) is 5.78 Å². The molecule has 144 valence electrons. The summed E-state index contributed by atoms with van der Waals surface area (Å²) in [6, 6.07) is 23.4. The first-order valence-electron chi connectivity index (χ1n) is 10.5. The second-order valence-electron chi connectivity index (χ2n) is 8.03. The number of rotatable bonds is 5. The summed E-state index contributed by atoms with van der Waals surface area (Å²) in [5.41, 5.74) is 6.60. The summed E-state index contributed by atoms with van der Waals surface area (Å²) in [6.07, 6.45) is 7.42. The largest absolute Gasteiger partial charge is 0.306 e. The van der Waals surface area contributed by atoms with Gasteiger partial charge in [-0.05, 0) is 57.5 Å². The van der Waals surface area contributed by atoms with Crippen molar-refractivity contribution in [1.29, 1.82) is 0 Å². The van der Waals surface area contributed by atoms with Gasteiger partial charge >= 0.3 is 0 Å². The van der Waals surface area contributed by atoms with E-state index >= 15 is 0 Å². The van der Waals surface area contributed by atoms with Gasteiger partial charge in [-0.2, -0.15) is 0 Å². The first kappa shape index (κ1) is 18.1. The molecule has 3 aromatic carbocycles. The standard InChI is InChI=1S/C27H25NO/c29-27(18-28-17-19-6-2-1-3-7-19)22-11-10-21-13-14-24-23-9-5-4-8-20(23)12-15-25(24)26(21)16-22/h1-9,13-16,22,28H,10-12,17-18H2. The zero-order valence-electron chi connectivity index (χ0n) is 16.5. The zero-order chi connectivity index (χ0) is 19.6. The van der Waals surface area contributed by atoms with E-state index in [2.05, 4.69) is 66.0 Å². The molecule has 0 amide bonds. The highest BCUT2D eigenvalue weighted by atomic mass is 16.1. The van der Waals surface area contributed by atoms with Crippen molar-refractivity contribution in [3.63, 3.8) is 0 Å². The number of Topliss-reactive ketones (excluding diaryl/α,β-unsaturated/α-hetero) is 1. The van der Waals surface area contributed by atoms with Crippen molar-refractivity contribution >= 4 is 17.9 Å². The van der Waals surface area contributed by atoms with Gasteiger partial charge in [-0.3, -0.25) is 4.79 Å². The third kappa shape index (κ3) is 3.56. The Morgan fingerprint density at radius 3 is 2.59 bits per heavy atom. The normalized spacial score (nSPS) is 16.6. The number of hydrogen-bond acceptors (Lipinski definition) is 2. The van der Waals surface area contributed by atoms with E-state index in [0.717, 1.165) is 25.8 Å². The molecule has 1 N–H and O–H groups in total. The molecular formula is C27H25NO. The molecule has 0 fully saturated rings. The van der Waals surface area contributed by atoms with Gasteiger partial charge in [0.2, 0.25) is 0 Å². The van der Waals surface area contributed by atoms with Crippen LogP contribution in [0.25, 0.3) is 23.3 Å². The van der Waals surface area contributed by atoms with Crippen molar-refractivity contribution in [3.05, 3.63) is 93.9 Å². The first-order chi connectivity index (χ1) is 14.3. The van der Waals surface area contributed by atoms with E-state index in [1.807, 2.05) is 18.2 Å². The number of ketones is 1. The van der Waals surface area contributed by atoms with Crippen LogP contribution in [-0.2, 0) is 24.2 Å². The van der Waals surface area contributed by atoms with Crippen LogP contribution in [0.15, 0.2) is 66.7 Å². The summed E-state index contributed by atoms with van der Waals surface area (Å²) in [6.45, 7) is 1.16. The molecule has 0 aliphatic heterocycles. The monoisotopic (exact) mass is 379 g/mol.